The van der Waals surface area contributed by atoms with E-state index >= 15 is 0 Å². The fourth-order valence-electron chi connectivity index (χ4n) is 2.45. The van der Waals surface area contributed by atoms with E-state index in [0.29, 0.717) is 39.1 Å². The van der Waals surface area contributed by atoms with Gasteiger partial charge < -0.3 is 24.2 Å². The van der Waals surface area contributed by atoms with Crippen molar-refractivity contribution in [3.8, 4) is 0 Å². The molecule has 0 fully saturated rings. The molecule has 0 saturated heterocycles. The predicted molar refractivity (Wildman–Crippen MR) is 104 cm³/mol. The van der Waals surface area contributed by atoms with Crippen LogP contribution in [0, 0.1) is 0 Å². The van der Waals surface area contributed by atoms with Gasteiger partial charge in [0.1, 0.15) is 0 Å². The predicted octanol–water partition coefficient (Wildman–Crippen LogP) is 1.58. The zero-order valence-electron chi connectivity index (χ0n) is 16.7. The van der Waals surface area contributed by atoms with Gasteiger partial charge in [0.25, 0.3) is 0 Å². The average Bonchev–Trinajstić information content (AvgIpc) is 2.48. The summed E-state index contributed by atoms with van der Waals surface area (Å²) in [5.41, 5.74) is 0. The molecular formula is C16H36N2O5Si2. The number of carbonyl (C=O) groups is 2. The van der Waals surface area contributed by atoms with Gasteiger partial charge in [-0.25, -0.2) is 0 Å². The largest absolute Gasteiger partial charge is 0.466 e. The first-order valence-electron chi connectivity index (χ1n) is 9.04. The van der Waals surface area contributed by atoms with E-state index in [2.05, 4.69) is 36.8 Å². The molecule has 0 heterocycles. The van der Waals surface area contributed by atoms with Crippen LogP contribution in [0.25, 0.3) is 0 Å². The van der Waals surface area contributed by atoms with E-state index in [1.54, 1.807) is 0 Å². The smallest absolute Gasteiger partial charge is 0.307 e. The first-order chi connectivity index (χ1) is 11.6. The second-order valence-corrected chi connectivity index (χ2v) is 15.6. The number of rotatable bonds is 14. The number of ether oxygens (including phenoxy) is 2. The van der Waals surface area contributed by atoms with Crippen LogP contribution in [0.5, 0.6) is 0 Å². The Hall–Kier alpha value is -0.746. The van der Waals surface area contributed by atoms with Crippen LogP contribution < -0.4 is 10.6 Å². The van der Waals surface area contributed by atoms with Crippen LogP contribution in [0.1, 0.15) is 26.7 Å². The summed E-state index contributed by atoms with van der Waals surface area (Å²) < 4.78 is 16.3. The molecule has 2 N–H and O–H groups in total. The number of esters is 2. The van der Waals surface area contributed by atoms with E-state index in [1.807, 2.05) is 13.8 Å². The van der Waals surface area contributed by atoms with Crippen molar-refractivity contribution in [1.29, 1.82) is 0 Å². The Morgan fingerprint density at radius 3 is 1.44 bits per heavy atom. The Morgan fingerprint density at radius 2 is 1.12 bits per heavy atom. The van der Waals surface area contributed by atoms with Gasteiger partial charge in [0.15, 0.2) is 16.6 Å². The second kappa shape index (κ2) is 12.6. The van der Waals surface area contributed by atoms with Gasteiger partial charge in [0, 0.05) is 25.4 Å². The van der Waals surface area contributed by atoms with Gasteiger partial charge in [-0.15, -0.1) is 0 Å². The molecular weight excluding hydrogens is 356 g/mol. The summed E-state index contributed by atoms with van der Waals surface area (Å²) in [5.74, 6) is -0.341. The molecule has 0 aliphatic heterocycles. The normalized spacial score (nSPS) is 12.1. The van der Waals surface area contributed by atoms with Gasteiger partial charge in [-0.2, -0.15) is 0 Å². The van der Waals surface area contributed by atoms with Crippen LogP contribution in [0.3, 0.4) is 0 Å². The van der Waals surface area contributed by atoms with Crippen molar-refractivity contribution in [2.24, 2.45) is 0 Å². The molecule has 0 atom stereocenters. The van der Waals surface area contributed by atoms with Gasteiger partial charge in [0.2, 0.25) is 0 Å². The summed E-state index contributed by atoms with van der Waals surface area (Å²) in [5, 5.41) is 6.62. The third-order valence-electron chi connectivity index (χ3n) is 3.28. The maximum absolute atomic E-state index is 11.3. The molecule has 9 heteroatoms. The van der Waals surface area contributed by atoms with Crippen molar-refractivity contribution in [3.05, 3.63) is 0 Å². The Bertz CT molecular complexity index is 370. The van der Waals surface area contributed by atoms with Crippen LogP contribution in [-0.4, -0.2) is 67.2 Å². The van der Waals surface area contributed by atoms with Crippen LogP contribution in [0.4, 0.5) is 0 Å². The molecule has 0 aromatic rings. The van der Waals surface area contributed by atoms with Crippen LogP contribution in [0.15, 0.2) is 0 Å². The first kappa shape index (κ1) is 24.3. The van der Waals surface area contributed by atoms with Gasteiger partial charge in [-0.05, 0) is 40.0 Å². The fraction of sp³-hybridized carbons (Fsp3) is 0.875. The first-order valence-corrected chi connectivity index (χ1v) is 15.3. The van der Waals surface area contributed by atoms with Crippen molar-refractivity contribution < 1.29 is 23.2 Å². The Kier molecular flexibility index (Phi) is 12.2. The second-order valence-electron chi connectivity index (χ2n) is 7.09. The van der Waals surface area contributed by atoms with E-state index in [-0.39, 0.29) is 11.9 Å². The lowest BCUT2D eigenvalue weighted by Gasteiger charge is -2.34. The summed E-state index contributed by atoms with van der Waals surface area (Å²) in [7, 11) is -3.71. The molecule has 7 nitrogen and oxygen atoms in total. The molecule has 0 aromatic heterocycles. The molecule has 148 valence electrons. The van der Waals surface area contributed by atoms with E-state index in [0.717, 1.165) is 12.3 Å². The monoisotopic (exact) mass is 392 g/mol. The van der Waals surface area contributed by atoms with Crippen molar-refractivity contribution in [2.45, 2.75) is 52.9 Å². The highest BCUT2D eigenvalue weighted by molar-refractivity contribution is 6.85. The third-order valence-corrected chi connectivity index (χ3v) is 9.90. The van der Waals surface area contributed by atoms with E-state index in [4.69, 9.17) is 13.6 Å². The van der Waals surface area contributed by atoms with Crippen LogP contribution in [0.2, 0.25) is 26.2 Å². The molecule has 0 rings (SSSR count). The topological polar surface area (TPSA) is 85.9 Å². The minimum absolute atomic E-state index is 0.170. The van der Waals surface area contributed by atoms with Gasteiger partial charge in [-0.3, -0.25) is 9.59 Å². The van der Waals surface area contributed by atoms with E-state index in [1.165, 1.54) is 0 Å². The summed E-state index contributed by atoms with van der Waals surface area (Å²) >= 11 is 0. The van der Waals surface area contributed by atoms with Crippen molar-refractivity contribution in [2.75, 3.05) is 38.6 Å². The van der Waals surface area contributed by atoms with Crippen LogP contribution in [-0.2, 0) is 23.2 Å². The Labute approximate surface area is 154 Å². The van der Waals surface area contributed by atoms with E-state index in [9.17, 15) is 9.59 Å². The highest BCUT2D eigenvalue weighted by Gasteiger charge is 2.32. The van der Waals surface area contributed by atoms with Gasteiger partial charge in [0.05, 0.1) is 26.1 Å². The lowest BCUT2D eigenvalue weighted by Crippen LogP contribution is -2.55. The zero-order chi connectivity index (χ0) is 19.3. The molecule has 0 unspecified atom stereocenters. The van der Waals surface area contributed by atoms with E-state index < -0.39 is 16.6 Å². The minimum atomic E-state index is -1.86. The lowest BCUT2D eigenvalue weighted by molar-refractivity contribution is -0.143. The van der Waals surface area contributed by atoms with Gasteiger partial charge >= 0.3 is 11.9 Å². The maximum atomic E-state index is 11.3. The van der Waals surface area contributed by atoms with Crippen molar-refractivity contribution >= 4 is 28.6 Å². The molecule has 0 amide bonds. The number of hydrogen-bond donors (Lipinski definition) is 2. The summed E-state index contributed by atoms with van der Waals surface area (Å²) in [6.45, 7) is 14.4. The van der Waals surface area contributed by atoms with Crippen LogP contribution >= 0.6 is 0 Å². The standard InChI is InChI=1S/C16H36N2O5Si2/c1-7-21-15(19)9-11-17-13-24(3,4)23-25(5,6)14-18-12-10-16(20)22-8-2/h17-18H,7-14H2,1-6H3. The van der Waals surface area contributed by atoms with Crippen molar-refractivity contribution in [3.63, 3.8) is 0 Å². The minimum Gasteiger partial charge on any atom is -0.466 e. The highest BCUT2D eigenvalue weighted by Crippen LogP contribution is 2.13. The highest BCUT2D eigenvalue weighted by atomic mass is 28.4. The molecule has 0 aliphatic carbocycles. The third kappa shape index (κ3) is 14.1. The van der Waals surface area contributed by atoms with Gasteiger partial charge in [-0.1, -0.05) is 0 Å². The molecule has 25 heavy (non-hydrogen) atoms. The fourth-order valence-corrected chi connectivity index (χ4v) is 10.6. The summed E-state index contributed by atoms with van der Waals surface area (Å²) in [6.07, 6.45) is 2.36. The molecule has 0 saturated carbocycles. The number of carbonyl (C=O) groups excluding carboxylic acids is 2. The molecule has 0 spiro atoms. The van der Waals surface area contributed by atoms with Crippen molar-refractivity contribution in [1.82, 2.24) is 10.6 Å². The quantitative estimate of drug-likeness (QED) is 0.264. The molecule has 0 aliphatic rings. The molecule has 0 radical (unpaired) electrons. The summed E-state index contributed by atoms with van der Waals surface area (Å²) in [4.78, 5) is 22.6. The lowest BCUT2D eigenvalue weighted by atomic mass is 10.4. The maximum Gasteiger partial charge on any atom is 0.307 e. The summed E-state index contributed by atoms with van der Waals surface area (Å²) in [6, 6.07) is 0. The zero-order valence-corrected chi connectivity index (χ0v) is 18.7. The Morgan fingerprint density at radius 1 is 0.760 bits per heavy atom. The molecule has 0 bridgehead atoms. The Balaban J connectivity index is 4.02. The SMILES string of the molecule is CCOC(=O)CCNC[Si](C)(C)O[Si](C)(C)CNCCC(=O)OCC. The molecule has 0 aromatic carbocycles. The number of nitrogens with one attached hydrogen (secondary N) is 2. The number of hydrogen-bond acceptors (Lipinski definition) is 7. The average molecular weight is 393 g/mol.